The third kappa shape index (κ3) is 4.03. The molecule has 0 aromatic heterocycles. The number of rotatable bonds is 4. The van der Waals surface area contributed by atoms with Crippen molar-refractivity contribution >= 4 is 21.4 Å². The highest BCUT2D eigenvalue weighted by Crippen LogP contribution is 2.30. The summed E-state index contributed by atoms with van der Waals surface area (Å²) in [6, 6.07) is 7.95. The van der Waals surface area contributed by atoms with Gasteiger partial charge in [0.2, 0.25) is 5.91 Å². The molecule has 26 heavy (non-hydrogen) atoms. The molecule has 1 amide bonds. The van der Waals surface area contributed by atoms with E-state index in [-0.39, 0.29) is 29.5 Å². The van der Waals surface area contributed by atoms with Crippen LogP contribution in [0.25, 0.3) is 0 Å². The molecule has 1 aromatic carbocycles. The third-order valence-electron chi connectivity index (χ3n) is 5.08. The Hall–Kier alpha value is -2.02. The fourth-order valence-electron chi connectivity index (χ4n) is 3.73. The highest BCUT2D eigenvalue weighted by molar-refractivity contribution is 7.94. The van der Waals surface area contributed by atoms with Crippen LogP contribution < -0.4 is 9.64 Å². The Balaban J connectivity index is 1.64. The van der Waals surface area contributed by atoms with Crippen LogP contribution in [0, 0.1) is 5.92 Å². The number of carbonyl (C=O) groups excluding carboxylic acids is 1. The lowest BCUT2D eigenvalue weighted by Gasteiger charge is -2.48. The highest BCUT2D eigenvalue weighted by atomic mass is 32.2. The van der Waals surface area contributed by atoms with Gasteiger partial charge in [-0.15, -0.1) is 0 Å². The summed E-state index contributed by atoms with van der Waals surface area (Å²) in [6.07, 6.45) is 1.90. The maximum Gasteiger partial charge on any atom is 0.223 e. The van der Waals surface area contributed by atoms with E-state index in [0.29, 0.717) is 13.1 Å². The van der Waals surface area contributed by atoms with Crippen molar-refractivity contribution in [3.05, 3.63) is 35.7 Å². The van der Waals surface area contributed by atoms with Crippen LogP contribution in [0.3, 0.4) is 0 Å². The summed E-state index contributed by atoms with van der Waals surface area (Å²) >= 11 is 0. The number of anilines is 1. The van der Waals surface area contributed by atoms with Crippen LogP contribution in [0.1, 0.15) is 20.3 Å². The van der Waals surface area contributed by atoms with Crippen molar-refractivity contribution in [1.29, 1.82) is 0 Å². The molecule has 0 N–H and O–H groups in total. The van der Waals surface area contributed by atoms with E-state index in [1.54, 1.807) is 13.2 Å². The van der Waals surface area contributed by atoms with Crippen LogP contribution in [0.4, 0.5) is 5.69 Å². The number of allylic oxidation sites excluding steroid dienone is 1. The van der Waals surface area contributed by atoms with E-state index < -0.39 is 9.84 Å². The second kappa shape index (κ2) is 6.95. The molecule has 6 nitrogen and oxygen atoms in total. The third-order valence-corrected chi connectivity index (χ3v) is 6.54. The highest BCUT2D eigenvalue weighted by Gasteiger charge is 2.36. The number of carbonyl (C=O) groups is 1. The van der Waals surface area contributed by atoms with Gasteiger partial charge in [0.1, 0.15) is 5.75 Å². The van der Waals surface area contributed by atoms with Crippen molar-refractivity contribution in [2.45, 2.75) is 25.8 Å². The first-order chi connectivity index (χ1) is 12.2. The Morgan fingerprint density at radius 1 is 1.23 bits per heavy atom. The van der Waals surface area contributed by atoms with Gasteiger partial charge < -0.3 is 14.5 Å². The average molecular weight is 378 g/mol. The van der Waals surface area contributed by atoms with Crippen molar-refractivity contribution in [2.24, 2.45) is 5.92 Å². The van der Waals surface area contributed by atoms with Gasteiger partial charge in [0.05, 0.1) is 18.4 Å². The second-order valence-corrected chi connectivity index (χ2v) is 9.53. The molecule has 1 fully saturated rings. The molecule has 0 radical (unpaired) electrons. The SMILES string of the molecule is COc1ccc(N2CCN(C(=O)C[C@H]3C=CS(=O)(=O)C3)CC2(C)C)cc1. The van der Waals surface area contributed by atoms with Gasteiger partial charge in [0.15, 0.2) is 9.84 Å². The van der Waals surface area contributed by atoms with E-state index in [1.165, 1.54) is 5.41 Å². The largest absolute Gasteiger partial charge is 0.497 e. The molecule has 0 bridgehead atoms. The number of methoxy groups -OCH3 is 1. The maximum absolute atomic E-state index is 12.6. The first-order valence-electron chi connectivity index (χ1n) is 8.81. The van der Waals surface area contributed by atoms with E-state index in [4.69, 9.17) is 4.74 Å². The molecule has 1 saturated heterocycles. The zero-order valence-electron chi connectivity index (χ0n) is 15.5. The summed E-state index contributed by atoms with van der Waals surface area (Å²) in [4.78, 5) is 16.8. The molecule has 0 spiro atoms. The number of amides is 1. The Morgan fingerprint density at radius 3 is 2.46 bits per heavy atom. The van der Waals surface area contributed by atoms with Crippen molar-refractivity contribution < 1.29 is 17.9 Å². The Bertz CT molecular complexity index is 799. The van der Waals surface area contributed by atoms with Crippen LogP contribution >= 0.6 is 0 Å². The number of hydrogen-bond donors (Lipinski definition) is 0. The van der Waals surface area contributed by atoms with Gasteiger partial charge >= 0.3 is 0 Å². The first kappa shape index (κ1) is 18.8. The zero-order chi connectivity index (χ0) is 18.9. The molecule has 0 aliphatic carbocycles. The van der Waals surface area contributed by atoms with E-state index in [2.05, 4.69) is 18.7 Å². The van der Waals surface area contributed by atoms with E-state index in [1.807, 2.05) is 29.2 Å². The monoisotopic (exact) mass is 378 g/mol. The Kier molecular flexibility index (Phi) is 5.01. The van der Waals surface area contributed by atoms with Crippen LogP contribution in [-0.4, -0.2) is 57.3 Å². The van der Waals surface area contributed by atoms with Crippen molar-refractivity contribution in [3.63, 3.8) is 0 Å². The molecule has 3 rings (SSSR count). The average Bonchev–Trinajstić information content (AvgIpc) is 2.92. The summed E-state index contributed by atoms with van der Waals surface area (Å²) < 4.78 is 28.3. The van der Waals surface area contributed by atoms with Gasteiger partial charge in [-0.3, -0.25) is 4.79 Å². The minimum Gasteiger partial charge on any atom is -0.497 e. The molecule has 2 aliphatic heterocycles. The van der Waals surface area contributed by atoms with Gasteiger partial charge in [-0.25, -0.2) is 8.42 Å². The molecular weight excluding hydrogens is 352 g/mol. The smallest absolute Gasteiger partial charge is 0.223 e. The number of nitrogens with zero attached hydrogens (tertiary/aromatic N) is 2. The molecular formula is C19H26N2O4S. The summed E-state index contributed by atoms with van der Waals surface area (Å²) in [5, 5.41) is 1.23. The molecule has 1 aromatic rings. The number of sulfone groups is 1. The summed E-state index contributed by atoms with van der Waals surface area (Å²) in [7, 11) is -1.47. The van der Waals surface area contributed by atoms with E-state index >= 15 is 0 Å². The van der Waals surface area contributed by atoms with Crippen LogP contribution in [-0.2, 0) is 14.6 Å². The van der Waals surface area contributed by atoms with Crippen LogP contribution in [0.5, 0.6) is 5.75 Å². The normalized spacial score (nSPS) is 23.9. The minimum absolute atomic E-state index is 0.0270. The fourth-order valence-corrected chi connectivity index (χ4v) is 5.13. The Morgan fingerprint density at radius 2 is 1.92 bits per heavy atom. The molecule has 2 aliphatic rings. The lowest BCUT2D eigenvalue weighted by molar-refractivity contribution is -0.133. The molecule has 0 unspecified atom stereocenters. The van der Waals surface area contributed by atoms with E-state index in [9.17, 15) is 13.2 Å². The predicted octanol–water partition coefficient (Wildman–Crippen LogP) is 2.07. The van der Waals surface area contributed by atoms with Crippen LogP contribution in [0.15, 0.2) is 35.7 Å². The van der Waals surface area contributed by atoms with Gasteiger partial charge in [0, 0.05) is 43.1 Å². The summed E-state index contributed by atoms with van der Waals surface area (Å²) in [5.74, 6) is 0.697. The standard InChI is InChI=1S/C19H26N2O4S/c1-19(2)14-20(18(22)12-15-8-11-26(23,24)13-15)9-10-21(19)16-4-6-17(25-3)7-5-16/h4-8,11,15H,9-10,12-14H2,1-3H3/t15-/m1/s1. The van der Waals surface area contributed by atoms with Gasteiger partial charge in [-0.1, -0.05) is 6.08 Å². The lowest BCUT2D eigenvalue weighted by Crippen LogP contribution is -2.60. The number of hydrogen-bond acceptors (Lipinski definition) is 5. The van der Waals surface area contributed by atoms with Gasteiger partial charge in [0.25, 0.3) is 0 Å². The predicted molar refractivity (Wildman–Crippen MR) is 102 cm³/mol. The van der Waals surface area contributed by atoms with Gasteiger partial charge in [-0.05, 0) is 38.1 Å². The molecule has 142 valence electrons. The minimum atomic E-state index is -3.12. The lowest BCUT2D eigenvalue weighted by atomic mass is 9.96. The molecule has 1 atom stereocenters. The van der Waals surface area contributed by atoms with Crippen LogP contribution in [0.2, 0.25) is 0 Å². The van der Waals surface area contributed by atoms with Crippen molar-refractivity contribution in [3.8, 4) is 5.75 Å². The van der Waals surface area contributed by atoms with Crippen molar-refractivity contribution in [2.75, 3.05) is 37.4 Å². The number of benzene rings is 1. The summed E-state index contributed by atoms with van der Waals surface area (Å²) in [5.41, 5.74) is 0.896. The molecule has 2 heterocycles. The molecule has 0 saturated carbocycles. The number of piperazine rings is 1. The summed E-state index contributed by atoms with van der Waals surface area (Å²) in [6.45, 7) is 6.23. The fraction of sp³-hybridized carbons (Fsp3) is 0.526. The quantitative estimate of drug-likeness (QED) is 0.802. The first-order valence-corrected chi connectivity index (χ1v) is 10.5. The number of ether oxygens (including phenoxy) is 1. The van der Waals surface area contributed by atoms with E-state index in [0.717, 1.165) is 18.0 Å². The molecule has 7 heteroatoms. The zero-order valence-corrected chi connectivity index (χ0v) is 16.3. The maximum atomic E-state index is 12.6. The van der Waals surface area contributed by atoms with Gasteiger partial charge in [-0.2, -0.15) is 0 Å². The Labute approximate surface area is 155 Å². The van der Waals surface area contributed by atoms with Crippen molar-refractivity contribution in [1.82, 2.24) is 4.90 Å². The topological polar surface area (TPSA) is 66.9 Å². The second-order valence-electron chi connectivity index (χ2n) is 7.60.